The summed E-state index contributed by atoms with van der Waals surface area (Å²) in [5.74, 6) is 0. The van der Waals surface area contributed by atoms with Crippen molar-refractivity contribution in [2.75, 3.05) is 26.2 Å². The van der Waals surface area contributed by atoms with Gasteiger partial charge < -0.3 is 5.11 Å². The van der Waals surface area contributed by atoms with Crippen LogP contribution < -0.4 is 0 Å². The predicted molar refractivity (Wildman–Crippen MR) is 53.2 cm³/mol. The van der Waals surface area contributed by atoms with Gasteiger partial charge in [-0.25, -0.2) is 0 Å². The van der Waals surface area contributed by atoms with Crippen LogP contribution in [0.25, 0.3) is 0 Å². The Morgan fingerprint density at radius 3 is 1.83 bits per heavy atom. The summed E-state index contributed by atoms with van der Waals surface area (Å²) in [5.41, 5.74) is 2.23. The first-order valence-electron chi connectivity index (χ1n) is 4.18. The summed E-state index contributed by atoms with van der Waals surface area (Å²) in [5, 5.41) is 8.76. The quantitative estimate of drug-likeness (QED) is 0.608. The lowest BCUT2D eigenvalue weighted by Crippen LogP contribution is -2.29. The highest BCUT2D eigenvalue weighted by atomic mass is 16.3. The van der Waals surface area contributed by atoms with Gasteiger partial charge in [-0.2, -0.15) is 0 Å². The van der Waals surface area contributed by atoms with Gasteiger partial charge in [0.1, 0.15) is 0 Å². The molecule has 0 rings (SSSR count). The van der Waals surface area contributed by atoms with Crippen molar-refractivity contribution in [3.05, 3.63) is 24.3 Å². The molecular weight excluding hydrogens is 150 g/mol. The van der Waals surface area contributed by atoms with E-state index < -0.39 is 0 Å². The van der Waals surface area contributed by atoms with Crippen LogP contribution in [0, 0.1) is 0 Å². The fourth-order valence-corrected chi connectivity index (χ4v) is 1.12. The van der Waals surface area contributed by atoms with Crippen molar-refractivity contribution in [1.82, 2.24) is 4.90 Å². The van der Waals surface area contributed by atoms with Crippen LogP contribution in [0.4, 0.5) is 0 Å². The third-order valence-corrected chi connectivity index (χ3v) is 1.40. The van der Waals surface area contributed by atoms with Crippen molar-refractivity contribution in [1.29, 1.82) is 0 Å². The molecular formula is C10H19NO. The molecule has 0 aliphatic carbocycles. The predicted octanol–water partition coefficient (Wildman–Crippen LogP) is 1.43. The summed E-state index contributed by atoms with van der Waals surface area (Å²) in [6.07, 6.45) is 0. The minimum Gasteiger partial charge on any atom is -0.395 e. The molecule has 2 heteroatoms. The maximum absolute atomic E-state index is 8.76. The second kappa shape index (κ2) is 5.98. The molecule has 0 saturated heterocycles. The standard InChI is InChI=1S/C10H19NO/c1-9(2)7-11(5-6-12)8-10(3)4/h12H,1,3,5-8H2,2,4H3. The fraction of sp³-hybridized carbons (Fsp3) is 0.600. The Morgan fingerprint density at radius 1 is 1.17 bits per heavy atom. The summed E-state index contributed by atoms with van der Waals surface area (Å²) in [7, 11) is 0. The lowest BCUT2D eigenvalue weighted by molar-refractivity contribution is 0.215. The third kappa shape index (κ3) is 6.13. The summed E-state index contributed by atoms with van der Waals surface area (Å²) in [6, 6.07) is 0. The molecule has 0 spiro atoms. The Morgan fingerprint density at radius 2 is 1.58 bits per heavy atom. The van der Waals surface area contributed by atoms with Crippen LogP contribution >= 0.6 is 0 Å². The van der Waals surface area contributed by atoms with Gasteiger partial charge in [0.15, 0.2) is 0 Å². The van der Waals surface area contributed by atoms with E-state index in [-0.39, 0.29) is 6.61 Å². The van der Waals surface area contributed by atoms with E-state index in [1.54, 1.807) is 0 Å². The number of hydrogen-bond donors (Lipinski definition) is 1. The van der Waals surface area contributed by atoms with E-state index in [0.29, 0.717) is 6.54 Å². The highest BCUT2D eigenvalue weighted by Crippen LogP contribution is 1.99. The Hall–Kier alpha value is -0.600. The van der Waals surface area contributed by atoms with E-state index in [4.69, 9.17) is 5.11 Å². The van der Waals surface area contributed by atoms with Crippen LogP contribution in [-0.4, -0.2) is 36.2 Å². The van der Waals surface area contributed by atoms with Crippen LogP contribution in [0.5, 0.6) is 0 Å². The second-order valence-corrected chi connectivity index (χ2v) is 3.35. The number of rotatable bonds is 6. The molecule has 0 bridgehead atoms. The number of hydrogen-bond acceptors (Lipinski definition) is 2. The lowest BCUT2D eigenvalue weighted by Gasteiger charge is -2.21. The molecule has 0 aliphatic heterocycles. The van der Waals surface area contributed by atoms with Crippen LogP contribution in [0.1, 0.15) is 13.8 Å². The van der Waals surface area contributed by atoms with Gasteiger partial charge in [-0.1, -0.05) is 24.3 Å². The normalized spacial score (nSPS) is 10.3. The van der Waals surface area contributed by atoms with E-state index in [1.165, 1.54) is 0 Å². The average molecular weight is 169 g/mol. The third-order valence-electron chi connectivity index (χ3n) is 1.40. The highest BCUT2D eigenvalue weighted by Gasteiger charge is 2.03. The maximum atomic E-state index is 8.76. The van der Waals surface area contributed by atoms with Crippen molar-refractivity contribution in [2.45, 2.75) is 13.8 Å². The van der Waals surface area contributed by atoms with Crippen molar-refractivity contribution >= 4 is 0 Å². The van der Waals surface area contributed by atoms with Gasteiger partial charge in [0.2, 0.25) is 0 Å². The molecule has 0 heterocycles. The van der Waals surface area contributed by atoms with Crippen LogP contribution in [0.3, 0.4) is 0 Å². The zero-order valence-corrected chi connectivity index (χ0v) is 8.14. The Labute approximate surface area is 75.2 Å². The van der Waals surface area contributed by atoms with Crippen LogP contribution in [0.15, 0.2) is 24.3 Å². The molecule has 2 nitrogen and oxygen atoms in total. The molecule has 0 aliphatic rings. The SMILES string of the molecule is C=C(C)CN(CCO)CC(=C)C. The Kier molecular flexibility index (Phi) is 5.68. The van der Waals surface area contributed by atoms with E-state index in [9.17, 15) is 0 Å². The highest BCUT2D eigenvalue weighted by molar-refractivity contribution is 4.97. The summed E-state index contributed by atoms with van der Waals surface area (Å²) < 4.78 is 0. The van der Waals surface area contributed by atoms with Gasteiger partial charge >= 0.3 is 0 Å². The number of aliphatic hydroxyl groups excluding tert-OH is 1. The molecule has 1 N–H and O–H groups in total. The largest absolute Gasteiger partial charge is 0.395 e. The lowest BCUT2D eigenvalue weighted by atomic mass is 10.2. The average Bonchev–Trinajstić information content (AvgIpc) is 1.84. The molecule has 0 aromatic heterocycles. The molecule has 0 unspecified atom stereocenters. The zero-order valence-electron chi connectivity index (χ0n) is 8.14. The van der Waals surface area contributed by atoms with Crippen molar-refractivity contribution in [3.8, 4) is 0 Å². The van der Waals surface area contributed by atoms with Gasteiger partial charge in [-0.3, -0.25) is 4.90 Å². The van der Waals surface area contributed by atoms with E-state index >= 15 is 0 Å². The van der Waals surface area contributed by atoms with E-state index in [0.717, 1.165) is 24.2 Å². The minimum atomic E-state index is 0.195. The fourth-order valence-electron chi connectivity index (χ4n) is 1.12. The monoisotopic (exact) mass is 169 g/mol. The van der Waals surface area contributed by atoms with Gasteiger partial charge in [0.25, 0.3) is 0 Å². The Bertz CT molecular complexity index is 147. The van der Waals surface area contributed by atoms with Crippen molar-refractivity contribution < 1.29 is 5.11 Å². The molecule has 0 radical (unpaired) electrons. The van der Waals surface area contributed by atoms with E-state index in [1.807, 2.05) is 13.8 Å². The topological polar surface area (TPSA) is 23.5 Å². The number of aliphatic hydroxyl groups is 1. The van der Waals surface area contributed by atoms with Gasteiger partial charge in [-0.05, 0) is 13.8 Å². The van der Waals surface area contributed by atoms with Crippen LogP contribution in [-0.2, 0) is 0 Å². The minimum absolute atomic E-state index is 0.195. The second-order valence-electron chi connectivity index (χ2n) is 3.35. The summed E-state index contributed by atoms with van der Waals surface area (Å²) in [6.45, 7) is 14.2. The molecule has 0 aromatic carbocycles. The van der Waals surface area contributed by atoms with Gasteiger partial charge in [0, 0.05) is 19.6 Å². The first kappa shape index (κ1) is 11.4. The van der Waals surface area contributed by atoms with Crippen molar-refractivity contribution in [3.63, 3.8) is 0 Å². The maximum Gasteiger partial charge on any atom is 0.0558 e. The molecule has 0 aromatic rings. The van der Waals surface area contributed by atoms with Gasteiger partial charge in [-0.15, -0.1) is 0 Å². The van der Waals surface area contributed by atoms with Crippen molar-refractivity contribution in [2.24, 2.45) is 0 Å². The smallest absolute Gasteiger partial charge is 0.0558 e. The van der Waals surface area contributed by atoms with E-state index in [2.05, 4.69) is 18.1 Å². The first-order chi connectivity index (χ1) is 5.56. The molecule has 70 valence electrons. The molecule has 0 atom stereocenters. The Balaban J connectivity index is 3.85. The van der Waals surface area contributed by atoms with Gasteiger partial charge in [0.05, 0.1) is 6.61 Å². The molecule has 0 saturated carbocycles. The molecule has 0 amide bonds. The number of nitrogens with zero attached hydrogens (tertiary/aromatic N) is 1. The van der Waals surface area contributed by atoms with Crippen LogP contribution in [0.2, 0.25) is 0 Å². The zero-order chi connectivity index (χ0) is 9.56. The summed E-state index contributed by atoms with van der Waals surface area (Å²) in [4.78, 5) is 2.13. The first-order valence-corrected chi connectivity index (χ1v) is 4.18. The molecule has 0 fully saturated rings. The summed E-state index contributed by atoms with van der Waals surface area (Å²) >= 11 is 0. The molecule has 12 heavy (non-hydrogen) atoms.